The van der Waals surface area contributed by atoms with Crippen molar-refractivity contribution in [1.82, 2.24) is 15.1 Å². The maximum atomic E-state index is 13.2. The number of nitrogens with zero attached hydrogens (tertiary/aromatic N) is 2. The van der Waals surface area contributed by atoms with Crippen LogP contribution in [0.15, 0.2) is 0 Å². The molecule has 4 fully saturated rings. The number of piperidine rings is 2. The van der Waals surface area contributed by atoms with Gasteiger partial charge in [0.05, 0.1) is 18.1 Å². The predicted molar refractivity (Wildman–Crippen MR) is 103 cm³/mol. The minimum absolute atomic E-state index is 0.0791. The molecule has 0 bridgehead atoms. The van der Waals surface area contributed by atoms with Crippen molar-refractivity contribution < 1.29 is 14.3 Å². The molecule has 6 nitrogen and oxygen atoms in total. The van der Waals surface area contributed by atoms with Crippen LogP contribution in [0.1, 0.15) is 64.2 Å². The zero-order valence-electron chi connectivity index (χ0n) is 16.6. The van der Waals surface area contributed by atoms with E-state index in [1.807, 2.05) is 0 Å². The van der Waals surface area contributed by atoms with Gasteiger partial charge in [0.25, 0.3) is 0 Å². The minimum Gasteiger partial charge on any atom is -0.372 e. The molecular weight excluding hydrogens is 342 g/mol. The highest BCUT2D eigenvalue weighted by atomic mass is 16.5. The summed E-state index contributed by atoms with van der Waals surface area (Å²) in [5.74, 6) is 0.600. The van der Waals surface area contributed by atoms with Crippen LogP contribution in [0.25, 0.3) is 0 Å². The number of hydrogen-bond acceptors (Lipinski definition) is 4. The van der Waals surface area contributed by atoms with E-state index >= 15 is 0 Å². The van der Waals surface area contributed by atoms with Gasteiger partial charge < -0.3 is 15.0 Å². The summed E-state index contributed by atoms with van der Waals surface area (Å²) in [6.45, 7) is 4.73. The van der Waals surface area contributed by atoms with Crippen molar-refractivity contribution in [2.75, 3.05) is 39.3 Å². The standard InChI is InChI=1S/C21H35N3O3/c25-19-8-14-27-21(16-22-19)9-12-23(13-10-21)20(26)17-5-4-11-24(15-17)18-6-2-1-3-7-18/h17-18H,1-16H2,(H,22,25). The van der Waals surface area contributed by atoms with Crippen molar-refractivity contribution in [1.29, 1.82) is 0 Å². The summed E-state index contributed by atoms with van der Waals surface area (Å²) in [5, 5.41) is 2.98. The molecule has 152 valence electrons. The van der Waals surface area contributed by atoms with Gasteiger partial charge in [0, 0.05) is 38.6 Å². The predicted octanol–water partition coefficient (Wildman–Crippen LogP) is 1.93. The molecule has 3 saturated heterocycles. The Morgan fingerprint density at radius 1 is 1.04 bits per heavy atom. The maximum Gasteiger partial charge on any atom is 0.226 e. The first-order valence-electron chi connectivity index (χ1n) is 11.1. The fraction of sp³-hybridized carbons (Fsp3) is 0.905. The zero-order valence-corrected chi connectivity index (χ0v) is 16.6. The van der Waals surface area contributed by atoms with Crippen LogP contribution in [0.5, 0.6) is 0 Å². The van der Waals surface area contributed by atoms with E-state index in [-0.39, 0.29) is 17.4 Å². The summed E-state index contributed by atoms with van der Waals surface area (Å²) in [6, 6.07) is 0.710. The number of likely N-dealkylation sites (tertiary alicyclic amines) is 2. The number of nitrogens with one attached hydrogen (secondary N) is 1. The van der Waals surface area contributed by atoms with Gasteiger partial charge in [-0.05, 0) is 45.1 Å². The van der Waals surface area contributed by atoms with Gasteiger partial charge in [-0.25, -0.2) is 0 Å². The van der Waals surface area contributed by atoms with Crippen molar-refractivity contribution in [3.05, 3.63) is 0 Å². The Labute approximate surface area is 163 Å². The van der Waals surface area contributed by atoms with Crippen LogP contribution in [0, 0.1) is 5.92 Å². The maximum absolute atomic E-state index is 13.2. The Morgan fingerprint density at radius 2 is 1.81 bits per heavy atom. The van der Waals surface area contributed by atoms with E-state index < -0.39 is 0 Å². The molecule has 1 N–H and O–H groups in total. The molecular formula is C21H35N3O3. The summed E-state index contributed by atoms with van der Waals surface area (Å²) in [4.78, 5) is 29.4. The fourth-order valence-corrected chi connectivity index (χ4v) is 5.46. The smallest absolute Gasteiger partial charge is 0.226 e. The molecule has 1 spiro atoms. The largest absolute Gasteiger partial charge is 0.372 e. The van der Waals surface area contributed by atoms with Gasteiger partial charge in [0.2, 0.25) is 11.8 Å². The van der Waals surface area contributed by atoms with Crippen molar-refractivity contribution >= 4 is 11.8 Å². The lowest BCUT2D eigenvalue weighted by Gasteiger charge is -2.44. The lowest BCUT2D eigenvalue weighted by Crippen LogP contribution is -2.55. The molecule has 6 heteroatoms. The summed E-state index contributed by atoms with van der Waals surface area (Å²) < 4.78 is 6.04. The SMILES string of the molecule is O=C1CCOC2(CCN(C(=O)C3CCCN(C4CCCCC4)C3)CC2)CN1. The Morgan fingerprint density at radius 3 is 2.59 bits per heavy atom. The molecule has 0 aromatic heterocycles. The first-order chi connectivity index (χ1) is 13.2. The van der Waals surface area contributed by atoms with Crippen LogP contribution in [0.4, 0.5) is 0 Å². The summed E-state index contributed by atoms with van der Waals surface area (Å²) in [5.41, 5.74) is -0.260. The number of amides is 2. The molecule has 3 heterocycles. The first-order valence-corrected chi connectivity index (χ1v) is 11.1. The lowest BCUT2D eigenvalue weighted by atomic mass is 9.87. The molecule has 1 unspecified atom stereocenters. The average Bonchev–Trinajstić information content (AvgIpc) is 2.90. The Bertz CT molecular complexity index is 539. The average molecular weight is 378 g/mol. The highest BCUT2D eigenvalue weighted by Gasteiger charge is 2.40. The summed E-state index contributed by atoms with van der Waals surface area (Å²) in [6.07, 6.45) is 11.0. The van der Waals surface area contributed by atoms with Crippen LogP contribution in [-0.4, -0.2) is 72.6 Å². The van der Waals surface area contributed by atoms with E-state index in [9.17, 15) is 9.59 Å². The third-order valence-electron chi connectivity index (χ3n) is 7.22. The Kier molecular flexibility index (Phi) is 6.02. The molecule has 1 aliphatic carbocycles. The molecule has 27 heavy (non-hydrogen) atoms. The van der Waals surface area contributed by atoms with Gasteiger partial charge in [-0.15, -0.1) is 0 Å². The molecule has 0 radical (unpaired) electrons. The summed E-state index contributed by atoms with van der Waals surface area (Å²) >= 11 is 0. The van der Waals surface area contributed by atoms with Gasteiger partial charge in [0.1, 0.15) is 0 Å². The van der Waals surface area contributed by atoms with Crippen molar-refractivity contribution in [3.63, 3.8) is 0 Å². The highest BCUT2D eigenvalue weighted by Crippen LogP contribution is 2.31. The first kappa shape index (κ1) is 19.2. The van der Waals surface area contributed by atoms with Gasteiger partial charge in [-0.1, -0.05) is 19.3 Å². The fourth-order valence-electron chi connectivity index (χ4n) is 5.46. The topological polar surface area (TPSA) is 61.9 Å². The van der Waals surface area contributed by atoms with Crippen LogP contribution < -0.4 is 5.32 Å². The van der Waals surface area contributed by atoms with Crippen LogP contribution >= 0.6 is 0 Å². The minimum atomic E-state index is -0.260. The second-order valence-electron chi connectivity index (χ2n) is 9.01. The molecule has 0 aromatic carbocycles. The monoisotopic (exact) mass is 377 g/mol. The van der Waals surface area contributed by atoms with E-state index in [1.165, 1.54) is 38.6 Å². The van der Waals surface area contributed by atoms with Crippen molar-refractivity contribution in [2.45, 2.75) is 75.9 Å². The third-order valence-corrected chi connectivity index (χ3v) is 7.22. The summed E-state index contributed by atoms with van der Waals surface area (Å²) in [7, 11) is 0. The van der Waals surface area contributed by atoms with Crippen molar-refractivity contribution in [3.8, 4) is 0 Å². The molecule has 4 aliphatic rings. The van der Waals surface area contributed by atoms with E-state index in [0.29, 0.717) is 31.5 Å². The van der Waals surface area contributed by atoms with Gasteiger partial charge in [-0.2, -0.15) is 0 Å². The molecule has 2 amide bonds. The number of ether oxygens (including phenoxy) is 1. The second-order valence-corrected chi connectivity index (χ2v) is 9.01. The quantitative estimate of drug-likeness (QED) is 0.799. The van der Waals surface area contributed by atoms with Crippen molar-refractivity contribution in [2.24, 2.45) is 5.92 Å². The normalized spacial score (nSPS) is 30.7. The van der Waals surface area contributed by atoms with E-state index in [2.05, 4.69) is 15.1 Å². The zero-order chi connectivity index (χ0) is 18.7. The molecule has 1 saturated carbocycles. The number of carbonyl (C=O) groups excluding carboxylic acids is 2. The second kappa shape index (κ2) is 8.48. The van der Waals surface area contributed by atoms with Gasteiger partial charge in [0.15, 0.2) is 0 Å². The number of rotatable bonds is 2. The van der Waals surface area contributed by atoms with E-state index in [4.69, 9.17) is 4.74 Å². The highest BCUT2D eigenvalue weighted by molar-refractivity contribution is 5.79. The number of hydrogen-bond donors (Lipinski definition) is 1. The molecule has 3 aliphatic heterocycles. The van der Waals surface area contributed by atoms with Crippen LogP contribution in [0.3, 0.4) is 0 Å². The van der Waals surface area contributed by atoms with Crippen LogP contribution in [0.2, 0.25) is 0 Å². The van der Waals surface area contributed by atoms with Crippen LogP contribution in [-0.2, 0) is 14.3 Å². The van der Waals surface area contributed by atoms with E-state index in [1.54, 1.807) is 0 Å². The Balaban J connectivity index is 1.30. The molecule has 0 aromatic rings. The lowest BCUT2D eigenvalue weighted by molar-refractivity contribution is -0.144. The number of carbonyl (C=O) groups is 2. The van der Waals surface area contributed by atoms with Gasteiger partial charge in [-0.3, -0.25) is 14.5 Å². The Hall–Kier alpha value is -1.14. The van der Waals surface area contributed by atoms with E-state index in [0.717, 1.165) is 45.3 Å². The third kappa shape index (κ3) is 4.48. The van der Waals surface area contributed by atoms with Gasteiger partial charge >= 0.3 is 0 Å². The molecule has 4 rings (SSSR count). The molecule has 1 atom stereocenters.